The van der Waals surface area contributed by atoms with E-state index in [1.165, 1.54) is 43.6 Å². The maximum atomic E-state index is 13.6. The molecule has 0 aliphatic rings. The molecule has 0 spiro atoms. The van der Waals surface area contributed by atoms with Crippen LogP contribution in [0, 0.1) is 0 Å². The van der Waals surface area contributed by atoms with E-state index in [1.54, 1.807) is 36.4 Å². The lowest BCUT2D eigenvalue weighted by molar-refractivity contribution is -0.137. The number of rotatable bonds is 10. The van der Waals surface area contributed by atoms with Crippen LogP contribution in [0.15, 0.2) is 94.4 Å². The zero-order valence-electron chi connectivity index (χ0n) is 21.3. The van der Waals surface area contributed by atoms with Crippen LogP contribution in [0.3, 0.4) is 0 Å². The number of carbonyl (C=O) groups is 1. The standard InChI is InChI=1S/C28H24F3NO7S/c1-36-21-11-12-25(26(16-21)37-2)27(33)32(18-23-9-5-13-38-23)17-19-6-3-8-22(14-19)39-40(34,35)24-10-4-7-20(15-24)28(29,30)31/h3-16H,17-18H2,1-2H3. The third-order valence-corrected chi connectivity index (χ3v) is 7.02. The van der Waals surface area contributed by atoms with Crippen LogP contribution < -0.4 is 13.7 Å². The third kappa shape index (κ3) is 6.75. The molecule has 1 aromatic heterocycles. The van der Waals surface area contributed by atoms with Gasteiger partial charge >= 0.3 is 16.3 Å². The smallest absolute Gasteiger partial charge is 0.416 e. The molecule has 0 radical (unpaired) electrons. The second-order valence-electron chi connectivity index (χ2n) is 8.52. The van der Waals surface area contributed by atoms with Crippen LogP contribution >= 0.6 is 0 Å². The first-order chi connectivity index (χ1) is 19.0. The molecule has 1 amide bonds. The first-order valence-corrected chi connectivity index (χ1v) is 13.2. The fourth-order valence-electron chi connectivity index (χ4n) is 3.85. The van der Waals surface area contributed by atoms with Gasteiger partial charge in [0, 0.05) is 12.6 Å². The number of carbonyl (C=O) groups excluding carboxylic acids is 1. The number of amides is 1. The Hall–Kier alpha value is -4.45. The molecule has 0 fully saturated rings. The second-order valence-corrected chi connectivity index (χ2v) is 10.1. The molecule has 0 bridgehead atoms. The van der Waals surface area contributed by atoms with Gasteiger partial charge in [0.1, 0.15) is 27.9 Å². The first kappa shape index (κ1) is 28.6. The molecule has 8 nitrogen and oxygen atoms in total. The third-order valence-electron chi connectivity index (χ3n) is 5.78. The maximum absolute atomic E-state index is 13.6. The Morgan fingerprint density at radius 3 is 2.33 bits per heavy atom. The average molecular weight is 576 g/mol. The quantitative estimate of drug-likeness (QED) is 0.217. The highest BCUT2D eigenvalue weighted by molar-refractivity contribution is 7.87. The van der Waals surface area contributed by atoms with Gasteiger partial charge in [0.05, 0.1) is 38.2 Å². The summed E-state index contributed by atoms with van der Waals surface area (Å²) in [6.07, 6.45) is -3.25. The number of halogens is 3. The van der Waals surface area contributed by atoms with E-state index in [0.717, 1.165) is 18.2 Å². The van der Waals surface area contributed by atoms with Gasteiger partial charge in [0.15, 0.2) is 0 Å². The first-order valence-electron chi connectivity index (χ1n) is 11.7. The van der Waals surface area contributed by atoms with Crippen molar-refractivity contribution in [1.29, 1.82) is 0 Å². The highest BCUT2D eigenvalue weighted by Gasteiger charge is 2.32. The summed E-state index contributed by atoms with van der Waals surface area (Å²) >= 11 is 0. The molecule has 0 unspecified atom stereocenters. The monoisotopic (exact) mass is 575 g/mol. The van der Waals surface area contributed by atoms with Crippen LogP contribution in [0.5, 0.6) is 17.2 Å². The van der Waals surface area contributed by atoms with Crippen molar-refractivity contribution in [3.63, 3.8) is 0 Å². The van der Waals surface area contributed by atoms with Gasteiger partial charge in [-0.1, -0.05) is 18.2 Å². The van der Waals surface area contributed by atoms with Crippen molar-refractivity contribution in [2.24, 2.45) is 0 Å². The van der Waals surface area contributed by atoms with E-state index in [4.69, 9.17) is 18.1 Å². The van der Waals surface area contributed by atoms with Crippen LogP contribution in [0.4, 0.5) is 13.2 Å². The van der Waals surface area contributed by atoms with Crippen molar-refractivity contribution in [3.8, 4) is 17.2 Å². The Morgan fingerprint density at radius 1 is 0.875 bits per heavy atom. The summed E-state index contributed by atoms with van der Waals surface area (Å²) in [4.78, 5) is 14.4. The molecule has 12 heteroatoms. The van der Waals surface area contributed by atoms with Gasteiger partial charge in [-0.2, -0.15) is 21.6 Å². The van der Waals surface area contributed by atoms with Gasteiger partial charge in [-0.25, -0.2) is 0 Å². The van der Waals surface area contributed by atoms with E-state index in [1.807, 2.05) is 0 Å². The molecule has 4 aromatic rings. The molecule has 3 aromatic carbocycles. The second kappa shape index (κ2) is 11.7. The van der Waals surface area contributed by atoms with E-state index < -0.39 is 32.7 Å². The predicted molar refractivity (Wildman–Crippen MR) is 138 cm³/mol. The Balaban J connectivity index is 1.61. The maximum Gasteiger partial charge on any atom is 0.416 e. The molecule has 4 rings (SSSR count). The summed E-state index contributed by atoms with van der Waals surface area (Å²) in [5.41, 5.74) is -0.370. The minimum Gasteiger partial charge on any atom is -0.497 e. The highest BCUT2D eigenvalue weighted by atomic mass is 32.2. The number of ether oxygens (including phenoxy) is 2. The summed E-state index contributed by atoms with van der Waals surface area (Å²) in [6.45, 7) is 0.0875. The van der Waals surface area contributed by atoms with Crippen molar-refractivity contribution in [1.82, 2.24) is 4.90 Å². The number of alkyl halides is 3. The lowest BCUT2D eigenvalue weighted by Gasteiger charge is -2.23. The number of hydrogen-bond acceptors (Lipinski definition) is 7. The molecule has 40 heavy (non-hydrogen) atoms. The molecular weight excluding hydrogens is 551 g/mol. The minimum atomic E-state index is -4.72. The Labute approximate surface area is 228 Å². The fourth-order valence-corrected chi connectivity index (χ4v) is 4.82. The van der Waals surface area contributed by atoms with Gasteiger partial charge in [0.2, 0.25) is 0 Å². The van der Waals surface area contributed by atoms with Crippen LogP contribution in [0.1, 0.15) is 27.2 Å². The summed E-state index contributed by atoms with van der Waals surface area (Å²) in [6, 6.07) is 17.3. The lowest BCUT2D eigenvalue weighted by Crippen LogP contribution is -2.30. The van der Waals surface area contributed by atoms with Crippen molar-refractivity contribution >= 4 is 16.0 Å². The summed E-state index contributed by atoms with van der Waals surface area (Å²) in [5.74, 6) is 0.748. The van der Waals surface area contributed by atoms with Gasteiger partial charge < -0.3 is 23.0 Å². The average Bonchev–Trinajstić information content (AvgIpc) is 3.45. The molecular formula is C28H24F3NO7S. The van der Waals surface area contributed by atoms with Crippen LogP contribution in [0.2, 0.25) is 0 Å². The van der Waals surface area contributed by atoms with E-state index >= 15 is 0 Å². The van der Waals surface area contributed by atoms with Crippen LogP contribution in [-0.2, 0) is 29.4 Å². The van der Waals surface area contributed by atoms with Crippen molar-refractivity contribution in [2.75, 3.05) is 14.2 Å². The number of benzene rings is 3. The number of methoxy groups -OCH3 is 2. The molecule has 1 heterocycles. The van der Waals surface area contributed by atoms with Crippen molar-refractivity contribution in [2.45, 2.75) is 24.2 Å². The van der Waals surface area contributed by atoms with Crippen LogP contribution in [-0.4, -0.2) is 33.4 Å². The van der Waals surface area contributed by atoms with E-state index in [-0.39, 0.29) is 30.2 Å². The molecule has 0 aliphatic heterocycles. The van der Waals surface area contributed by atoms with E-state index in [0.29, 0.717) is 23.1 Å². The summed E-state index contributed by atoms with van der Waals surface area (Å²) < 4.78 is 85.9. The topological polar surface area (TPSA) is 95.3 Å². The van der Waals surface area contributed by atoms with Crippen molar-refractivity contribution < 1.29 is 44.5 Å². The van der Waals surface area contributed by atoms with Gasteiger partial charge in [0.25, 0.3) is 5.91 Å². The van der Waals surface area contributed by atoms with Gasteiger partial charge in [-0.05, 0) is 60.2 Å². The van der Waals surface area contributed by atoms with Gasteiger partial charge in [-0.15, -0.1) is 0 Å². The van der Waals surface area contributed by atoms with Crippen molar-refractivity contribution in [3.05, 3.63) is 108 Å². The zero-order chi connectivity index (χ0) is 28.9. The normalized spacial score (nSPS) is 11.6. The number of furan rings is 1. The summed E-state index contributed by atoms with van der Waals surface area (Å²) in [5, 5.41) is 0. The van der Waals surface area contributed by atoms with Gasteiger partial charge in [-0.3, -0.25) is 4.79 Å². The lowest BCUT2D eigenvalue weighted by atomic mass is 10.1. The SMILES string of the molecule is COc1ccc(C(=O)N(Cc2cccc(OS(=O)(=O)c3cccc(C(F)(F)F)c3)c2)Cc2ccco2)c(OC)c1. The highest BCUT2D eigenvalue weighted by Crippen LogP contribution is 2.32. The predicted octanol–water partition coefficient (Wildman–Crippen LogP) is 5.93. The molecule has 210 valence electrons. The zero-order valence-corrected chi connectivity index (χ0v) is 22.2. The minimum absolute atomic E-state index is 0.00945. The fraction of sp³-hybridized carbons (Fsp3) is 0.179. The molecule has 0 N–H and O–H groups in total. The number of nitrogens with zero attached hydrogens (tertiary/aromatic N) is 1. The number of hydrogen-bond donors (Lipinski definition) is 0. The van der Waals surface area contributed by atoms with Crippen LogP contribution in [0.25, 0.3) is 0 Å². The molecule has 0 atom stereocenters. The molecule has 0 aliphatic carbocycles. The van der Waals surface area contributed by atoms with E-state index in [9.17, 15) is 26.4 Å². The largest absolute Gasteiger partial charge is 0.497 e. The summed E-state index contributed by atoms with van der Waals surface area (Å²) in [7, 11) is -1.67. The Bertz CT molecular complexity index is 1590. The van der Waals surface area contributed by atoms with E-state index in [2.05, 4.69) is 0 Å². The molecule has 0 saturated heterocycles. The Morgan fingerprint density at radius 2 is 1.65 bits per heavy atom. The molecule has 0 saturated carbocycles. The Kier molecular flexibility index (Phi) is 8.38.